The van der Waals surface area contributed by atoms with Crippen LogP contribution in [0.1, 0.15) is 31.2 Å². The van der Waals surface area contributed by atoms with Crippen molar-refractivity contribution in [2.75, 3.05) is 0 Å². The molecule has 1 aliphatic carbocycles. The van der Waals surface area contributed by atoms with Gasteiger partial charge in [-0.25, -0.2) is 4.39 Å². The fraction of sp³-hybridized carbons (Fsp3) is 0.500. The first-order chi connectivity index (χ1) is 9.06. The number of benzene rings is 1. The van der Waals surface area contributed by atoms with Crippen LogP contribution in [0.5, 0.6) is 0 Å². The normalized spacial score (nSPS) is 23.3. The van der Waals surface area contributed by atoms with Crippen LogP contribution in [0, 0.1) is 11.7 Å². The Bertz CT molecular complexity index is 467. The molecule has 0 heterocycles. The van der Waals surface area contributed by atoms with Crippen LogP contribution >= 0.6 is 15.9 Å². The molecule has 2 rings (SSSR count). The molecule has 1 saturated carbocycles. The number of nitrogens with one attached hydrogen (secondary N) is 1. The lowest BCUT2D eigenvalue weighted by Gasteiger charge is -2.27. The maximum Gasteiger partial charge on any atom is 0.306 e. The van der Waals surface area contributed by atoms with Crippen molar-refractivity contribution in [3.63, 3.8) is 0 Å². The average molecular weight is 330 g/mol. The van der Waals surface area contributed by atoms with Gasteiger partial charge in [0.25, 0.3) is 0 Å². The second-order valence-electron chi connectivity index (χ2n) is 5.03. The summed E-state index contributed by atoms with van der Waals surface area (Å²) in [5.74, 6) is -1.20. The van der Waals surface area contributed by atoms with E-state index in [1.54, 1.807) is 12.1 Å². The topological polar surface area (TPSA) is 49.3 Å². The molecule has 0 aromatic heterocycles. The van der Waals surface area contributed by atoms with Crippen molar-refractivity contribution >= 4 is 21.9 Å². The van der Waals surface area contributed by atoms with Gasteiger partial charge in [-0.15, -0.1) is 0 Å². The summed E-state index contributed by atoms with van der Waals surface area (Å²) in [6, 6.07) is 5.16. The number of hydrogen-bond acceptors (Lipinski definition) is 2. The Morgan fingerprint density at radius 1 is 1.47 bits per heavy atom. The smallest absolute Gasteiger partial charge is 0.306 e. The molecule has 2 N–H and O–H groups in total. The minimum atomic E-state index is -0.698. The van der Waals surface area contributed by atoms with Crippen molar-refractivity contribution in [2.45, 2.75) is 38.3 Å². The van der Waals surface area contributed by atoms with Crippen LogP contribution in [0.2, 0.25) is 0 Å². The first-order valence-corrected chi connectivity index (χ1v) is 7.25. The van der Waals surface area contributed by atoms with Crippen molar-refractivity contribution in [3.8, 4) is 0 Å². The third-order valence-corrected chi connectivity index (χ3v) is 4.21. The van der Waals surface area contributed by atoms with Crippen LogP contribution in [0.25, 0.3) is 0 Å². The Labute approximate surface area is 120 Å². The molecule has 2 unspecified atom stereocenters. The molecule has 0 aliphatic heterocycles. The average Bonchev–Trinajstić information content (AvgIpc) is 2.40. The molecule has 1 aromatic carbocycles. The quantitative estimate of drug-likeness (QED) is 0.890. The number of carboxylic acids is 1. The predicted octanol–water partition coefficient (Wildman–Crippen LogP) is 3.32. The fourth-order valence-corrected chi connectivity index (χ4v) is 2.94. The number of carboxylic acid groups (broad SMARTS) is 1. The highest BCUT2D eigenvalue weighted by Crippen LogP contribution is 2.25. The molecular formula is C14H17BrFNO2. The van der Waals surface area contributed by atoms with Gasteiger partial charge in [-0.3, -0.25) is 4.79 Å². The van der Waals surface area contributed by atoms with Crippen LogP contribution < -0.4 is 5.32 Å². The Hall–Kier alpha value is -0.940. The summed E-state index contributed by atoms with van der Waals surface area (Å²) >= 11 is 3.16. The lowest BCUT2D eigenvalue weighted by molar-refractivity contribution is -0.143. The van der Waals surface area contributed by atoms with E-state index in [9.17, 15) is 9.18 Å². The molecule has 104 valence electrons. The highest BCUT2D eigenvalue weighted by molar-refractivity contribution is 9.10. The Balaban J connectivity index is 1.87. The molecule has 3 nitrogen and oxygen atoms in total. The standard InChI is InChI=1S/C14H17BrFNO2/c15-12-6-9(4-5-13(12)16)8-17-11-3-1-2-10(7-11)14(18)19/h4-6,10-11,17H,1-3,7-8H2,(H,18,19). The summed E-state index contributed by atoms with van der Waals surface area (Å²) in [6.07, 6.45) is 3.40. The van der Waals surface area contributed by atoms with Crippen LogP contribution in [0.3, 0.4) is 0 Å². The predicted molar refractivity (Wildman–Crippen MR) is 74.3 cm³/mol. The molecule has 0 spiro atoms. The second-order valence-corrected chi connectivity index (χ2v) is 5.88. The summed E-state index contributed by atoms with van der Waals surface area (Å²) in [5, 5.41) is 12.4. The minimum Gasteiger partial charge on any atom is -0.481 e. The van der Waals surface area contributed by atoms with E-state index in [0.717, 1.165) is 24.8 Å². The van der Waals surface area contributed by atoms with E-state index in [0.29, 0.717) is 17.4 Å². The van der Waals surface area contributed by atoms with Gasteiger partial charge in [0.15, 0.2) is 0 Å². The van der Waals surface area contributed by atoms with E-state index >= 15 is 0 Å². The Kier molecular flexibility index (Phi) is 4.93. The molecule has 2 atom stereocenters. The zero-order valence-corrected chi connectivity index (χ0v) is 12.1. The van der Waals surface area contributed by atoms with Gasteiger partial charge in [0, 0.05) is 12.6 Å². The van der Waals surface area contributed by atoms with Gasteiger partial charge in [-0.2, -0.15) is 0 Å². The third kappa shape index (κ3) is 4.01. The molecule has 19 heavy (non-hydrogen) atoms. The van der Waals surface area contributed by atoms with E-state index in [1.807, 2.05) is 0 Å². The maximum atomic E-state index is 13.1. The highest BCUT2D eigenvalue weighted by Gasteiger charge is 2.26. The first-order valence-electron chi connectivity index (χ1n) is 6.46. The number of hydrogen-bond donors (Lipinski definition) is 2. The molecule has 1 aromatic rings. The summed E-state index contributed by atoms with van der Waals surface area (Å²) in [6.45, 7) is 0.635. The lowest BCUT2D eigenvalue weighted by atomic mass is 9.86. The summed E-state index contributed by atoms with van der Waals surface area (Å²) in [5.41, 5.74) is 0.991. The van der Waals surface area contributed by atoms with Crippen LogP contribution in [0.15, 0.2) is 22.7 Å². The summed E-state index contributed by atoms with van der Waals surface area (Å²) in [4.78, 5) is 11.0. The SMILES string of the molecule is O=C(O)C1CCCC(NCc2ccc(F)c(Br)c2)C1. The number of halogens is 2. The molecule has 0 radical (unpaired) electrons. The van der Waals surface area contributed by atoms with Gasteiger partial charge in [0.2, 0.25) is 0 Å². The van der Waals surface area contributed by atoms with Crippen LogP contribution in [-0.2, 0) is 11.3 Å². The van der Waals surface area contributed by atoms with E-state index in [1.165, 1.54) is 6.07 Å². The van der Waals surface area contributed by atoms with Gasteiger partial charge in [0.05, 0.1) is 10.4 Å². The molecule has 5 heteroatoms. The van der Waals surface area contributed by atoms with Crippen LogP contribution in [-0.4, -0.2) is 17.1 Å². The van der Waals surface area contributed by atoms with Crippen molar-refractivity contribution in [1.29, 1.82) is 0 Å². The Morgan fingerprint density at radius 2 is 2.26 bits per heavy atom. The van der Waals surface area contributed by atoms with Crippen molar-refractivity contribution in [2.24, 2.45) is 5.92 Å². The molecule has 0 amide bonds. The lowest BCUT2D eigenvalue weighted by Crippen LogP contribution is -2.36. The number of carbonyl (C=O) groups is 1. The Morgan fingerprint density at radius 3 is 2.95 bits per heavy atom. The van der Waals surface area contributed by atoms with Gasteiger partial charge in [-0.05, 0) is 52.9 Å². The van der Waals surface area contributed by atoms with E-state index in [2.05, 4.69) is 21.2 Å². The minimum absolute atomic E-state index is 0.230. The van der Waals surface area contributed by atoms with Crippen LogP contribution in [0.4, 0.5) is 4.39 Å². The zero-order valence-electron chi connectivity index (χ0n) is 10.5. The molecule has 1 fully saturated rings. The molecule has 1 aliphatic rings. The number of aliphatic carboxylic acids is 1. The van der Waals surface area contributed by atoms with Crippen molar-refractivity contribution in [3.05, 3.63) is 34.1 Å². The largest absolute Gasteiger partial charge is 0.481 e. The fourth-order valence-electron chi connectivity index (χ4n) is 2.51. The van der Waals surface area contributed by atoms with E-state index in [4.69, 9.17) is 5.11 Å². The summed E-state index contributed by atoms with van der Waals surface area (Å²) < 4.78 is 13.6. The third-order valence-electron chi connectivity index (χ3n) is 3.60. The van der Waals surface area contributed by atoms with E-state index < -0.39 is 5.97 Å². The summed E-state index contributed by atoms with van der Waals surface area (Å²) in [7, 11) is 0. The monoisotopic (exact) mass is 329 g/mol. The molecule has 0 saturated heterocycles. The van der Waals surface area contributed by atoms with E-state index in [-0.39, 0.29) is 17.8 Å². The van der Waals surface area contributed by atoms with Gasteiger partial charge in [0.1, 0.15) is 5.82 Å². The first kappa shape index (κ1) is 14.5. The number of rotatable bonds is 4. The second kappa shape index (κ2) is 6.48. The molecular weight excluding hydrogens is 313 g/mol. The maximum absolute atomic E-state index is 13.1. The van der Waals surface area contributed by atoms with Crippen molar-refractivity contribution in [1.82, 2.24) is 5.32 Å². The molecule has 0 bridgehead atoms. The highest BCUT2D eigenvalue weighted by atomic mass is 79.9. The van der Waals surface area contributed by atoms with Crippen molar-refractivity contribution < 1.29 is 14.3 Å². The van der Waals surface area contributed by atoms with Gasteiger partial charge < -0.3 is 10.4 Å². The van der Waals surface area contributed by atoms with Gasteiger partial charge >= 0.3 is 5.97 Å². The van der Waals surface area contributed by atoms with Gasteiger partial charge in [-0.1, -0.05) is 12.5 Å². The zero-order chi connectivity index (χ0) is 13.8.